The van der Waals surface area contributed by atoms with E-state index in [1.54, 1.807) is 24.3 Å². The van der Waals surface area contributed by atoms with Gasteiger partial charge in [-0.25, -0.2) is 4.79 Å². The van der Waals surface area contributed by atoms with Crippen LogP contribution in [0.15, 0.2) is 58.8 Å². The molecule has 0 spiro atoms. The van der Waals surface area contributed by atoms with Crippen LogP contribution in [0.25, 0.3) is 0 Å². The molecule has 0 saturated heterocycles. The molecule has 2 aromatic carbocycles. The van der Waals surface area contributed by atoms with Crippen molar-refractivity contribution in [2.45, 2.75) is 20.1 Å². The van der Waals surface area contributed by atoms with Crippen molar-refractivity contribution >= 4 is 28.9 Å². The molecule has 25 heavy (non-hydrogen) atoms. The lowest BCUT2D eigenvalue weighted by Crippen LogP contribution is -2.05. The molecule has 2 N–H and O–H groups in total. The summed E-state index contributed by atoms with van der Waals surface area (Å²) in [5.41, 5.74) is 2.03. The van der Waals surface area contributed by atoms with E-state index in [0.29, 0.717) is 16.3 Å². The molecule has 0 fully saturated rings. The van der Waals surface area contributed by atoms with E-state index in [1.807, 2.05) is 0 Å². The number of aliphatic hydroxyl groups excluding tert-OH is 1. The number of carbonyl (C=O) groups is 1. The van der Waals surface area contributed by atoms with Crippen molar-refractivity contribution in [3.8, 4) is 5.75 Å². The van der Waals surface area contributed by atoms with Crippen LogP contribution in [-0.4, -0.2) is 16.2 Å². The maximum Gasteiger partial charge on any atom is 0.333 e. The van der Waals surface area contributed by atoms with Crippen LogP contribution in [0.3, 0.4) is 0 Å². The minimum atomic E-state index is -0.563. The molecule has 0 saturated carbocycles. The van der Waals surface area contributed by atoms with Gasteiger partial charge in [0.15, 0.2) is 0 Å². The number of benzene rings is 2. The van der Waals surface area contributed by atoms with Gasteiger partial charge in [-0.3, -0.25) is 0 Å². The van der Waals surface area contributed by atoms with E-state index in [-0.39, 0.29) is 30.2 Å². The molecule has 2 rings (SSSR count). The van der Waals surface area contributed by atoms with Crippen LogP contribution < -0.4 is 0 Å². The molecule has 0 unspecified atom stereocenters. The average Bonchev–Trinajstić information content (AvgIpc) is 2.60. The number of rotatable bonds is 6. The molecular formula is C18H17ClN2O4. The summed E-state index contributed by atoms with van der Waals surface area (Å²) in [7, 11) is 0. The lowest BCUT2D eigenvalue weighted by atomic mass is 10.2. The Morgan fingerprint density at radius 1 is 1.24 bits per heavy atom. The van der Waals surface area contributed by atoms with Gasteiger partial charge in [0.1, 0.15) is 18.0 Å². The van der Waals surface area contributed by atoms with E-state index in [4.69, 9.17) is 21.4 Å². The molecule has 0 radical (unpaired) electrons. The third-order valence-corrected chi connectivity index (χ3v) is 3.45. The zero-order valence-electron chi connectivity index (χ0n) is 13.6. The van der Waals surface area contributed by atoms with Crippen molar-refractivity contribution < 1.29 is 19.7 Å². The van der Waals surface area contributed by atoms with Gasteiger partial charge < -0.3 is 14.9 Å². The van der Waals surface area contributed by atoms with E-state index in [9.17, 15) is 9.90 Å². The SMILES string of the molecule is C=C(C)C(=O)OCc1cc(Cl)cc(/N=N/c2ccc(CO)cc2)c1O. The van der Waals surface area contributed by atoms with Gasteiger partial charge in [-0.15, -0.1) is 5.11 Å². The molecule has 0 aromatic heterocycles. The molecular weight excluding hydrogens is 344 g/mol. The largest absolute Gasteiger partial charge is 0.505 e. The second kappa shape index (κ2) is 8.41. The Morgan fingerprint density at radius 2 is 1.92 bits per heavy atom. The first-order valence-corrected chi connectivity index (χ1v) is 7.74. The smallest absolute Gasteiger partial charge is 0.333 e. The molecule has 0 atom stereocenters. The van der Waals surface area contributed by atoms with E-state index in [0.717, 1.165) is 5.56 Å². The summed E-state index contributed by atoms with van der Waals surface area (Å²) >= 11 is 6.02. The monoisotopic (exact) mass is 360 g/mol. The summed E-state index contributed by atoms with van der Waals surface area (Å²) in [5.74, 6) is -0.735. The first kappa shape index (κ1) is 18.6. The highest BCUT2D eigenvalue weighted by Gasteiger charge is 2.12. The summed E-state index contributed by atoms with van der Waals surface area (Å²) in [5, 5.41) is 27.6. The van der Waals surface area contributed by atoms with E-state index in [2.05, 4.69) is 16.8 Å². The number of azo groups is 1. The molecule has 0 aliphatic heterocycles. The van der Waals surface area contributed by atoms with Gasteiger partial charge >= 0.3 is 5.97 Å². The lowest BCUT2D eigenvalue weighted by Gasteiger charge is -2.09. The van der Waals surface area contributed by atoms with E-state index >= 15 is 0 Å². The van der Waals surface area contributed by atoms with Crippen molar-refractivity contribution in [3.05, 3.63) is 64.7 Å². The van der Waals surface area contributed by atoms with Gasteiger partial charge in [0.2, 0.25) is 0 Å². The molecule has 7 heteroatoms. The average molecular weight is 361 g/mol. The van der Waals surface area contributed by atoms with Crippen LogP contribution in [0, 0.1) is 0 Å². The maximum absolute atomic E-state index is 11.5. The van der Waals surface area contributed by atoms with Crippen LogP contribution in [0.5, 0.6) is 5.75 Å². The number of nitrogens with zero attached hydrogens (tertiary/aromatic N) is 2. The number of aliphatic hydroxyl groups is 1. The van der Waals surface area contributed by atoms with Gasteiger partial charge in [-0.1, -0.05) is 30.3 Å². The number of esters is 1. The minimum absolute atomic E-state index is 0.0568. The van der Waals surface area contributed by atoms with Crippen LogP contribution in [0.1, 0.15) is 18.1 Å². The standard InChI is InChI=1S/C18H17ClN2O4/c1-11(2)18(24)25-10-13-7-14(19)8-16(17(13)23)21-20-15-5-3-12(9-22)4-6-15/h3-8,22-23H,1,9-10H2,2H3/b21-20+. The number of halogens is 1. The number of hydrogen-bond donors (Lipinski definition) is 2. The minimum Gasteiger partial charge on any atom is -0.505 e. The highest BCUT2D eigenvalue weighted by Crippen LogP contribution is 2.35. The third kappa shape index (κ3) is 5.14. The summed E-state index contributed by atoms with van der Waals surface area (Å²) in [4.78, 5) is 11.5. The van der Waals surface area contributed by atoms with Crippen LogP contribution >= 0.6 is 11.6 Å². The molecule has 0 heterocycles. The van der Waals surface area contributed by atoms with Gasteiger partial charge in [-0.2, -0.15) is 5.11 Å². The van der Waals surface area contributed by atoms with Gasteiger partial charge in [0.05, 0.1) is 12.3 Å². The Bertz CT molecular complexity index is 817. The fourth-order valence-electron chi connectivity index (χ4n) is 1.87. The van der Waals surface area contributed by atoms with Gasteiger partial charge in [0, 0.05) is 16.2 Å². The second-order valence-corrected chi connectivity index (χ2v) is 5.75. The zero-order valence-corrected chi connectivity index (χ0v) is 14.3. The Labute approximate surface area is 150 Å². The first-order valence-electron chi connectivity index (χ1n) is 7.36. The normalized spacial score (nSPS) is 10.8. The summed E-state index contributed by atoms with van der Waals surface area (Å²) in [6.45, 7) is 4.80. The summed E-state index contributed by atoms with van der Waals surface area (Å²) in [6, 6.07) is 9.74. The van der Waals surface area contributed by atoms with Crippen molar-refractivity contribution in [1.29, 1.82) is 0 Å². The Morgan fingerprint density at radius 3 is 2.52 bits per heavy atom. The number of ether oxygens (including phenoxy) is 1. The molecule has 0 aliphatic rings. The van der Waals surface area contributed by atoms with Crippen molar-refractivity contribution in [2.75, 3.05) is 0 Å². The molecule has 0 amide bonds. The number of aromatic hydroxyl groups is 1. The number of phenolic OH excluding ortho intramolecular Hbond substituents is 1. The molecule has 2 aromatic rings. The fraction of sp³-hybridized carbons (Fsp3) is 0.167. The maximum atomic E-state index is 11.5. The molecule has 0 bridgehead atoms. The second-order valence-electron chi connectivity index (χ2n) is 5.31. The topological polar surface area (TPSA) is 91.5 Å². The zero-order chi connectivity index (χ0) is 18.4. The van der Waals surface area contributed by atoms with Crippen molar-refractivity contribution in [1.82, 2.24) is 0 Å². The molecule has 0 aliphatic carbocycles. The van der Waals surface area contributed by atoms with Crippen molar-refractivity contribution in [3.63, 3.8) is 0 Å². The first-order chi connectivity index (χ1) is 11.9. The molecule has 6 nitrogen and oxygen atoms in total. The Kier molecular flexibility index (Phi) is 6.27. The Balaban J connectivity index is 2.21. The van der Waals surface area contributed by atoms with Crippen LogP contribution in [-0.2, 0) is 22.7 Å². The predicted molar refractivity (Wildman–Crippen MR) is 94.3 cm³/mol. The highest BCUT2D eigenvalue weighted by molar-refractivity contribution is 6.31. The summed E-state index contributed by atoms with van der Waals surface area (Å²) < 4.78 is 5.02. The number of phenols is 1. The van der Waals surface area contributed by atoms with Crippen LogP contribution in [0.4, 0.5) is 11.4 Å². The third-order valence-electron chi connectivity index (χ3n) is 3.23. The van der Waals surface area contributed by atoms with Crippen LogP contribution in [0.2, 0.25) is 5.02 Å². The number of hydrogen-bond acceptors (Lipinski definition) is 6. The number of carbonyl (C=O) groups excluding carboxylic acids is 1. The fourth-order valence-corrected chi connectivity index (χ4v) is 2.11. The lowest BCUT2D eigenvalue weighted by molar-refractivity contribution is -0.140. The Hall–Kier alpha value is -2.70. The van der Waals surface area contributed by atoms with Gasteiger partial charge in [-0.05, 0) is 36.8 Å². The van der Waals surface area contributed by atoms with E-state index in [1.165, 1.54) is 19.1 Å². The highest BCUT2D eigenvalue weighted by atomic mass is 35.5. The predicted octanol–water partition coefficient (Wildman–Crippen LogP) is 4.57. The molecule has 130 valence electrons. The van der Waals surface area contributed by atoms with Gasteiger partial charge in [0.25, 0.3) is 0 Å². The quantitative estimate of drug-likeness (QED) is 0.448. The summed E-state index contributed by atoms with van der Waals surface area (Å²) in [6.07, 6.45) is 0. The van der Waals surface area contributed by atoms with E-state index < -0.39 is 5.97 Å². The van der Waals surface area contributed by atoms with Crippen molar-refractivity contribution in [2.24, 2.45) is 10.2 Å².